The van der Waals surface area contributed by atoms with Gasteiger partial charge in [-0.2, -0.15) is 0 Å². The van der Waals surface area contributed by atoms with Crippen molar-refractivity contribution in [3.8, 4) is 12.3 Å². The molecule has 0 aliphatic rings. The summed E-state index contributed by atoms with van der Waals surface area (Å²) < 4.78 is 4.84. The summed E-state index contributed by atoms with van der Waals surface area (Å²) in [7, 11) is 0. The molecule has 118 valence electrons. The van der Waals surface area contributed by atoms with Gasteiger partial charge >= 0.3 is 0 Å². The number of benzene rings is 1. The molecule has 6 nitrogen and oxygen atoms in total. The minimum atomic E-state index is -0.245. The molecule has 7 heteroatoms. The summed E-state index contributed by atoms with van der Waals surface area (Å²) in [6.45, 7) is 1.73. The lowest BCUT2D eigenvalue weighted by atomic mass is 10.2. The Balaban J connectivity index is 1.72. The third-order valence-electron chi connectivity index (χ3n) is 2.67. The molecular weight excluding hydrogens is 314 g/mol. The van der Waals surface area contributed by atoms with Crippen LogP contribution in [0.2, 0.25) is 0 Å². The number of terminal acetylenes is 1. The Labute approximate surface area is 138 Å². The van der Waals surface area contributed by atoms with Crippen molar-refractivity contribution >= 4 is 35.1 Å². The molecule has 2 aromatic rings. The van der Waals surface area contributed by atoms with Crippen LogP contribution in [-0.4, -0.2) is 28.5 Å². The number of nitrogens with one attached hydrogen (secondary N) is 2. The van der Waals surface area contributed by atoms with E-state index in [1.807, 2.05) is 0 Å². The second-order valence-corrected chi connectivity index (χ2v) is 5.62. The Kier molecular flexibility index (Phi) is 5.83. The number of hydrogen-bond acceptors (Lipinski definition) is 5. The van der Waals surface area contributed by atoms with E-state index in [-0.39, 0.29) is 23.3 Å². The Hall–Kier alpha value is -2.72. The molecular formula is C16H15N3O3S. The summed E-state index contributed by atoms with van der Waals surface area (Å²) in [5.74, 6) is 3.33. The van der Waals surface area contributed by atoms with E-state index >= 15 is 0 Å². The molecule has 0 saturated carbocycles. The predicted molar refractivity (Wildman–Crippen MR) is 90.2 cm³/mol. The van der Waals surface area contributed by atoms with Gasteiger partial charge in [-0.3, -0.25) is 9.59 Å². The van der Waals surface area contributed by atoms with Crippen LogP contribution in [0.15, 0.2) is 34.9 Å². The molecule has 0 atom stereocenters. The Bertz CT molecular complexity index is 749. The molecule has 2 amide bonds. The smallest absolute Gasteiger partial charge is 0.235 e. The van der Waals surface area contributed by atoms with Gasteiger partial charge in [-0.05, 0) is 25.1 Å². The van der Waals surface area contributed by atoms with Gasteiger partial charge in [0.1, 0.15) is 5.76 Å². The first-order chi connectivity index (χ1) is 11.1. The van der Waals surface area contributed by atoms with Gasteiger partial charge in [-0.25, -0.2) is 0 Å². The maximum Gasteiger partial charge on any atom is 0.235 e. The molecule has 1 heterocycles. The number of rotatable bonds is 6. The Morgan fingerprint density at radius 1 is 1.26 bits per heavy atom. The summed E-state index contributed by atoms with van der Waals surface area (Å²) in [6, 6.07) is 8.63. The molecule has 0 bridgehead atoms. The van der Waals surface area contributed by atoms with Crippen molar-refractivity contribution < 1.29 is 14.1 Å². The molecule has 2 rings (SSSR count). The highest BCUT2D eigenvalue weighted by atomic mass is 32.2. The van der Waals surface area contributed by atoms with Crippen molar-refractivity contribution in [3.63, 3.8) is 0 Å². The van der Waals surface area contributed by atoms with E-state index < -0.39 is 0 Å². The largest absolute Gasteiger partial charge is 0.360 e. The van der Waals surface area contributed by atoms with E-state index in [4.69, 9.17) is 10.9 Å². The van der Waals surface area contributed by atoms with E-state index in [0.717, 1.165) is 0 Å². The van der Waals surface area contributed by atoms with Gasteiger partial charge in [0.05, 0.1) is 11.5 Å². The lowest BCUT2D eigenvalue weighted by Crippen LogP contribution is -2.18. The van der Waals surface area contributed by atoms with Crippen LogP contribution >= 0.6 is 11.8 Å². The molecule has 0 aliphatic carbocycles. The van der Waals surface area contributed by atoms with E-state index in [1.54, 1.807) is 37.3 Å². The monoisotopic (exact) mass is 329 g/mol. The zero-order valence-electron chi connectivity index (χ0n) is 12.5. The van der Waals surface area contributed by atoms with Gasteiger partial charge in [-0.1, -0.05) is 17.1 Å². The first-order valence-electron chi connectivity index (χ1n) is 6.74. The van der Waals surface area contributed by atoms with E-state index in [1.165, 1.54) is 11.8 Å². The van der Waals surface area contributed by atoms with Crippen LogP contribution in [0.4, 0.5) is 11.5 Å². The predicted octanol–water partition coefficient (Wildman–Crippen LogP) is 2.27. The number of aryl methyl sites for hydroxylation is 1. The summed E-state index contributed by atoms with van der Waals surface area (Å²) >= 11 is 1.20. The van der Waals surface area contributed by atoms with E-state index in [0.29, 0.717) is 22.8 Å². The number of carbonyl (C=O) groups is 2. The lowest BCUT2D eigenvalue weighted by molar-refractivity contribution is -0.114. The highest BCUT2D eigenvalue weighted by Crippen LogP contribution is 2.11. The van der Waals surface area contributed by atoms with Gasteiger partial charge in [0.15, 0.2) is 5.82 Å². The maximum atomic E-state index is 11.8. The van der Waals surface area contributed by atoms with Crippen LogP contribution in [0, 0.1) is 19.3 Å². The number of hydrogen-bond donors (Lipinski definition) is 2. The molecule has 1 aromatic carbocycles. The van der Waals surface area contributed by atoms with Crippen LogP contribution in [-0.2, 0) is 9.59 Å². The number of thioether (sulfide) groups is 1. The third kappa shape index (κ3) is 5.52. The SMILES string of the molecule is C#Cc1cccc(NC(=O)CSCC(=O)Nc2cc(C)on2)c1. The molecule has 0 spiro atoms. The maximum absolute atomic E-state index is 11.8. The number of anilines is 2. The second kappa shape index (κ2) is 8.06. The minimum Gasteiger partial charge on any atom is -0.360 e. The van der Waals surface area contributed by atoms with Crippen LogP contribution in [0.1, 0.15) is 11.3 Å². The molecule has 0 saturated heterocycles. The number of aromatic nitrogens is 1. The van der Waals surface area contributed by atoms with Gasteiger partial charge in [-0.15, -0.1) is 18.2 Å². The van der Waals surface area contributed by atoms with E-state index in [2.05, 4.69) is 21.7 Å². The molecule has 2 N–H and O–H groups in total. The molecule has 0 radical (unpaired) electrons. The Morgan fingerprint density at radius 2 is 2.00 bits per heavy atom. The third-order valence-corrected chi connectivity index (χ3v) is 3.61. The van der Waals surface area contributed by atoms with Crippen molar-refractivity contribution in [1.82, 2.24) is 5.16 Å². The molecule has 23 heavy (non-hydrogen) atoms. The van der Waals surface area contributed by atoms with Crippen molar-refractivity contribution in [1.29, 1.82) is 0 Å². The molecule has 0 unspecified atom stereocenters. The summed E-state index contributed by atoms with van der Waals surface area (Å²) in [5.41, 5.74) is 1.33. The van der Waals surface area contributed by atoms with Crippen LogP contribution in [0.25, 0.3) is 0 Å². The van der Waals surface area contributed by atoms with Crippen LogP contribution < -0.4 is 10.6 Å². The normalized spacial score (nSPS) is 9.91. The average molecular weight is 329 g/mol. The first kappa shape index (κ1) is 16.6. The van der Waals surface area contributed by atoms with Gasteiger partial charge in [0.25, 0.3) is 0 Å². The molecule has 1 aromatic heterocycles. The standard InChI is InChI=1S/C16H15N3O3S/c1-3-12-5-4-6-13(8-12)17-15(20)9-23-10-16(21)18-14-7-11(2)22-19-14/h1,4-8H,9-10H2,2H3,(H,17,20)(H,18,19,21). The van der Waals surface area contributed by atoms with Crippen molar-refractivity contribution in [2.24, 2.45) is 0 Å². The fourth-order valence-corrected chi connectivity index (χ4v) is 2.34. The van der Waals surface area contributed by atoms with Gasteiger partial charge in [0.2, 0.25) is 11.8 Å². The lowest BCUT2D eigenvalue weighted by Gasteiger charge is -2.05. The van der Waals surface area contributed by atoms with Crippen molar-refractivity contribution in [3.05, 3.63) is 41.7 Å². The fourth-order valence-electron chi connectivity index (χ4n) is 1.72. The zero-order chi connectivity index (χ0) is 16.7. The number of nitrogens with zero attached hydrogens (tertiary/aromatic N) is 1. The second-order valence-electron chi connectivity index (χ2n) is 4.64. The highest BCUT2D eigenvalue weighted by Gasteiger charge is 2.08. The Morgan fingerprint density at radius 3 is 2.65 bits per heavy atom. The quantitative estimate of drug-likeness (QED) is 0.794. The number of carbonyl (C=O) groups excluding carboxylic acids is 2. The topological polar surface area (TPSA) is 84.2 Å². The summed E-state index contributed by atoms with van der Waals surface area (Å²) in [6.07, 6.45) is 5.30. The molecule has 0 fully saturated rings. The summed E-state index contributed by atoms with van der Waals surface area (Å²) in [5, 5.41) is 8.97. The average Bonchev–Trinajstić information content (AvgIpc) is 2.92. The van der Waals surface area contributed by atoms with Crippen molar-refractivity contribution in [2.75, 3.05) is 22.1 Å². The van der Waals surface area contributed by atoms with Gasteiger partial charge in [0, 0.05) is 17.3 Å². The number of amides is 2. The fraction of sp³-hybridized carbons (Fsp3) is 0.188. The van der Waals surface area contributed by atoms with Gasteiger partial charge < -0.3 is 15.2 Å². The van der Waals surface area contributed by atoms with E-state index in [9.17, 15) is 9.59 Å². The zero-order valence-corrected chi connectivity index (χ0v) is 13.3. The first-order valence-corrected chi connectivity index (χ1v) is 7.90. The van der Waals surface area contributed by atoms with Crippen LogP contribution in [0.3, 0.4) is 0 Å². The van der Waals surface area contributed by atoms with Crippen molar-refractivity contribution in [2.45, 2.75) is 6.92 Å². The van der Waals surface area contributed by atoms with Crippen LogP contribution in [0.5, 0.6) is 0 Å². The highest BCUT2D eigenvalue weighted by molar-refractivity contribution is 8.00. The summed E-state index contributed by atoms with van der Waals surface area (Å²) in [4.78, 5) is 23.5. The molecule has 0 aliphatic heterocycles. The minimum absolute atomic E-state index is 0.143.